The van der Waals surface area contributed by atoms with Gasteiger partial charge in [0, 0.05) is 5.46 Å². The molecule has 0 bridgehead atoms. The molecule has 18 heavy (non-hydrogen) atoms. The van der Waals surface area contributed by atoms with E-state index < -0.39 is 0 Å². The minimum Gasteiger partial charge on any atom is -0.497 e. The van der Waals surface area contributed by atoms with Gasteiger partial charge in [-0.2, -0.15) is 0 Å². The number of ether oxygens (including phenoxy) is 1. The van der Waals surface area contributed by atoms with Crippen LogP contribution in [0.5, 0.6) is 5.75 Å². The molecule has 1 heterocycles. The second kappa shape index (κ2) is 4.94. The standard InChI is InChI=1S/C14H21BO3/c1-10(2)11-7-6-8-12(13(11)16-5)15-17-9-14(3,4)18-15/h6-8,10H,9H2,1-5H3. The number of hydrogen-bond acceptors (Lipinski definition) is 3. The Kier molecular flexibility index (Phi) is 3.69. The molecule has 4 heteroatoms. The Balaban J connectivity index is 2.36. The maximum absolute atomic E-state index is 5.91. The minimum absolute atomic E-state index is 0.233. The van der Waals surface area contributed by atoms with Gasteiger partial charge in [-0.05, 0) is 25.3 Å². The Bertz CT molecular complexity index is 429. The molecule has 0 aromatic heterocycles. The van der Waals surface area contributed by atoms with Crippen molar-refractivity contribution in [1.29, 1.82) is 0 Å². The van der Waals surface area contributed by atoms with E-state index in [1.165, 1.54) is 5.56 Å². The van der Waals surface area contributed by atoms with Gasteiger partial charge < -0.3 is 14.0 Å². The summed E-state index contributed by atoms with van der Waals surface area (Å²) in [5, 5.41) is 0. The topological polar surface area (TPSA) is 27.7 Å². The molecule has 0 amide bonds. The molecule has 1 saturated heterocycles. The van der Waals surface area contributed by atoms with Crippen molar-refractivity contribution in [2.24, 2.45) is 0 Å². The lowest BCUT2D eigenvalue weighted by molar-refractivity contribution is 0.137. The van der Waals surface area contributed by atoms with Crippen molar-refractivity contribution in [3.05, 3.63) is 23.8 Å². The second-order valence-corrected chi connectivity index (χ2v) is 5.64. The van der Waals surface area contributed by atoms with E-state index in [0.29, 0.717) is 12.5 Å². The lowest BCUT2D eigenvalue weighted by Crippen LogP contribution is -2.35. The number of rotatable bonds is 3. The average Bonchev–Trinajstić information content (AvgIpc) is 2.68. The second-order valence-electron chi connectivity index (χ2n) is 5.64. The van der Waals surface area contributed by atoms with Crippen LogP contribution in [0.25, 0.3) is 0 Å². The van der Waals surface area contributed by atoms with Crippen molar-refractivity contribution >= 4 is 12.6 Å². The highest BCUT2D eigenvalue weighted by Crippen LogP contribution is 2.27. The highest BCUT2D eigenvalue weighted by Gasteiger charge is 2.40. The molecule has 3 nitrogen and oxygen atoms in total. The third-order valence-corrected chi connectivity index (χ3v) is 3.16. The van der Waals surface area contributed by atoms with Gasteiger partial charge in [0.25, 0.3) is 0 Å². The molecule has 0 unspecified atom stereocenters. The SMILES string of the molecule is COc1c(B2OCC(C)(C)O2)cccc1C(C)C. The van der Waals surface area contributed by atoms with E-state index in [1.807, 2.05) is 26.0 Å². The zero-order valence-electron chi connectivity index (χ0n) is 11.8. The molecule has 98 valence electrons. The molecular weight excluding hydrogens is 227 g/mol. The zero-order valence-corrected chi connectivity index (χ0v) is 11.8. The Morgan fingerprint density at radius 3 is 2.56 bits per heavy atom. The van der Waals surface area contributed by atoms with Crippen LogP contribution in [-0.2, 0) is 9.31 Å². The van der Waals surface area contributed by atoms with Gasteiger partial charge in [0.2, 0.25) is 0 Å². The first kappa shape index (κ1) is 13.4. The monoisotopic (exact) mass is 248 g/mol. The summed E-state index contributed by atoms with van der Waals surface area (Å²) < 4.78 is 17.2. The molecule has 0 spiro atoms. The van der Waals surface area contributed by atoms with Crippen LogP contribution in [0.3, 0.4) is 0 Å². The minimum atomic E-state index is -0.325. The van der Waals surface area contributed by atoms with Crippen molar-refractivity contribution in [3.63, 3.8) is 0 Å². The van der Waals surface area contributed by atoms with E-state index in [9.17, 15) is 0 Å². The van der Waals surface area contributed by atoms with Gasteiger partial charge in [0.05, 0.1) is 19.3 Å². The maximum Gasteiger partial charge on any atom is 0.498 e. The first-order valence-electron chi connectivity index (χ1n) is 6.41. The van der Waals surface area contributed by atoms with E-state index in [-0.39, 0.29) is 12.7 Å². The van der Waals surface area contributed by atoms with E-state index in [0.717, 1.165) is 11.2 Å². The van der Waals surface area contributed by atoms with Crippen LogP contribution in [-0.4, -0.2) is 26.4 Å². The van der Waals surface area contributed by atoms with Crippen molar-refractivity contribution in [1.82, 2.24) is 0 Å². The largest absolute Gasteiger partial charge is 0.498 e. The summed E-state index contributed by atoms with van der Waals surface area (Å²) in [5.41, 5.74) is 1.94. The fourth-order valence-corrected chi connectivity index (χ4v) is 2.24. The van der Waals surface area contributed by atoms with Crippen molar-refractivity contribution in [2.75, 3.05) is 13.7 Å². The van der Waals surface area contributed by atoms with Gasteiger partial charge in [-0.3, -0.25) is 0 Å². The summed E-state index contributed by atoms with van der Waals surface area (Å²) in [7, 11) is 1.37. The van der Waals surface area contributed by atoms with Crippen molar-refractivity contribution < 1.29 is 14.0 Å². The third-order valence-electron chi connectivity index (χ3n) is 3.16. The highest BCUT2D eigenvalue weighted by atomic mass is 16.7. The van der Waals surface area contributed by atoms with E-state index >= 15 is 0 Å². The average molecular weight is 248 g/mol. The van der Waals surface area contributed by atoms with Crippen molar-refractivity contribution in [3.8, 4) is 5.75 Å². The Morgan fingerprint density at radius 2 is 2.06 bits per heavy atom. The molecular formula is C14H21BO3. The van der Waals surface area contributed by atoms with E-state index in [2.05, 4.69) is 19.9 Å². The van der Waals surface area contributed by atoms with Crippen LogP contribution in [0.1, 0.15) is 39.2 Å². The number of benzene rings is 1. The van der Waals surface area contributed by atoms with Gasteiger partial charge in [0.15, 0.2) is 0 Å². The van der Waals surface area contributed by atoms with Crippen LogP contribution < -0.4 is 10.2 Å². The van der Waals surface area contributed by atoms with Gasteiger partial charge in [-0.1, -0.05) is 32.0 Å². The fourth-order valence-electron chi connectivity index (χ4n) is 2.24. The normalized spacial score (nSPS) is 18.4. The summed E-state index contributed by atoms with van der Waals surface area (Å²) in [5.74, 6) is 1.30. The molecule has 0 atom stereocenters. The van der Waals surface area contributed by atoms with Gasteiger partial charge >= 0.3 is 7.12 Å². The number of hydrogen-bond donors (Lipinski definition) is 0. The number of para-hydroxylation sites is 1. The molecule has 1 aliphatic heterocycles. The fraction of sp³-hybridized carbons (Fsp3) is 0.571. The molecule has 2 rings (SSSR count). The zero-order chi connectivity index (χ0) is 13.3. The third kappa shape index (κ3) is 2.55. The lowest BCUT2D eigenvalue weighted by atomic mass is 9.76. The first-order chi connectivity index (χ1) is 8.44. The smallest absolute Gasteiger partial charge is 0.497 e. The maximum atomic E-state index is 5.91. The summed E-state index contributed by atoms with van der Waals surface area (Å²) in [6.45, 7) is 8.98. The van der Waals surface area contributed by atoms with Crippen LogP contribution in [0.15, 0.2) is 18.2 Å². The Hall–Kier alpha value is -0.995. The molecule has 1 fully saturated rings. The summed E-state index contributed by atoms with van der Waals surface area (Å²) in [6.07, 6.45) is 0. The predicted molar refractivity (Wildman–Crippen MR) is 73.6 cm³/mol. The molecule has 0 aliphatic carbocycles. The van der Waals surface area contributed by atoms with Crippen LogP contribution in [0.4, 0.5) is 0 Å². The quantitative estimate of drug-likeness (QED) is 0.768. The van der Waals surface area contributed by atoms with Crippen LogP contribution in [0, 0.1) is 0 Å². The summed E-state index contributed by atoms with van der Waals surface area (Å²) in [6, 6.07) is 6.13. The van der Waals surface area contributed by atoms with Crippen LogP contribution >= 0.6 is 0 Å². The number of methoxy groups -OCH3 is 1. The Morgan fingerprint density at radius 1 is 1.33 bits per heavy atom. The van der Waals surface area contributed by atoms with E-state index in [1.54, 1.807) is 7.11 Å². The van der Waals surface area contributed by atoms with Gasteiger partial charge in [0.1, 0.15) is 5.75 Å². The summed E-state index contributed by atoms with van der Waals surface area (Å²) >= 11 is 0. The van der Waals surface area contributed by atoms with Gasteiger partial charge in [-0.25, -0.2) is 0 Å². The first-order valence-corrected chi connectivity index (χ1v) is 6.41. The van der Waals surface area contributed by atoms with Gasteiger partial charge in [-0.15, -0.1) is 0 Å². The molecule has 1 aliphatic rings. The van der Waals surface area contributed by atoms with Crippen molar-refractivity contribution in [2.45, 2.75) is 39.2 Å². The molecule has 0 radical (unpaired) electrons. The lowest BCUT2D eigenvalue weighted by Gasteiger charge is -2.19. The van der Waals surface area contributed by atoms with E-state index in [4.69, 9.17) is 14.0 Å². The highest BCUT2D eigenvalue weighted by molar-refractivity contribution is 6.63. The van der Waals surface area contributed by atoms with Crippen LogP contribution in [0.2, 0.25) is 0 Å². The molecule has 0 N–H and O–H groups in total. The predicted octanol–water partition coefficient (Wildman–Crippen LogP) is 2.34. The molecule has 1 aromatic carbocycles. The summed E-state index contributed by atoms with van der Waals surface area (Å²) in [4.78, 5) is 0. The molecule has 0 saturated carbocycles. The molecule has 1 aromatic rings. The Labute approximate surface area is 110 Å².